The highest BCUT2D eigenvalue weighted by Crippen LogP contribution is 2.35. The summed E-state index contributed by atoms with van der Waals surface area (Å²) in [6.07, 6.45) is 0. The molecule has 0 aliphatic heterocycles. The number of nitrogens with two attached hydrogens (primary N) is 1. The van der Waals surface area contributed by atoms with E-state index in [1.54, 1.807) is 25.1 Å². The third-order valence-corrected chi connectivity index (χ3v) is 4.51. The Morgan fingerprint density at radius 1 is 1.17 bits per heavy atom. The molecule has 23 heavy (non-hydrogen) atoms. The molecule has 2 atom stereocenters. The van der Waals surface area contributed by atoms with E-state index in [0.29, 0.717) is 16.3 Å². The van der Waals surface area contributed by atoms with Crippen LogP contribution in [-0.4, -0.2) is 37.3 Å². The summed E-state index contributed by atoms with van der Waals surface area (Å²) < 4.78 is 9.44. The van der Waals surface area contributed by atoms with Crippen LogP contribution < -0.4 is 11.1 Å². The van der Waals surface area contributed by atoms with Gasteiger partial charge < -0.3 is 20.5 Å². The molecule has 8 heteroatoms. The number of hydrogen-bond donors (Lipinski definition) is 2. The summed E-state index contributed by atoms with van der Waals surface area (Å²) in [5.41, 5.74) is 6.89. The van der Waals surface area contributed by atoms with Crippen LogP contribution in [0.4, 0.5) is 11.4 Å². The number of ether oxygens (including phenoxy) is 2. The molecule has 1 aromatic carbocycles. The summed E-state index contributed by atoms with van der Waals surface area (Å²) >= 11 is 1.09. The van der Waals surface area contributed by atoms with E-state index >= 15 is 0 Å². The third kappa shape index (κ3) is 5.17. The molecule has 3 N–H and O–H groups in total. The van der Waals surface area contributed by atoms with Gasteiger partial charge in [-0.05, 0) is 18.2 Å². The predicted octanol–water partition coefficient (Wildman–Crippen LogP) is 1.67. The maximum atomic E-state index is 12.0. The van der Waals surface area contributed by atoms with Crippen molar-refractivity contribution in [3.05, 3.63) is 18.2 Å². The normalized spacial score (nSPS) is 12.9. The van der Waals surface area contributed by atoms with Gasteiger partial charge in [-0.1, -0.05) is 6.92 Å². The first-order valence-corrected chi connectivity index (χ1v) is 7.67. The van der Waals surface area contributed by atoms with Crippen LogP contribution in [0.15, 0.2) is 23.1 Å². The third-order valence-electron chi connectivity index (χ3n) is 3.05. The number of amides is 1. The Bertz CT molecular complexity index is 606. The zero-order chi connectivity index (χ0) is 17.6. The van der Waals surface area contributed by atoms with Crippen LogP contribution in [0.3, 0.4) is 0 Å². The van der Waals surface area contributed by atoms with Crippen LogP contribution in [0.2, 0.25) is 0 Å². The summed E-state index contributed by atoms with van der Waals surface area (Å²) in [6, 6.07) is 4.91. The molecule has 1 aromatic rings. The molecule has 0 radical (unpaired) electrons. The zero-order valence-electron chi connectivity index (χ0n) is 13.4. The molecular formula is C15H20N2O5S. The molecule has 0 unspecified atom stereocenters. The minimum atomic E-state index is -0.817. The molecule has 1 rings (SSSR count). The average Bonchev–Trinajstić information content (AvgIpc) is 2.52. The predicted molar refractivity (Wildman–Crippen MR) is 88.0 cm³/mol. The largest absolute Gasteiger partial charge is 0.469 e. The first-order chi connectivity index (χ1) is 10.8. The highest BCUT2D eigenvalue weighted by molar-refractivity contribution is 8.00. The number of rotatable bonds is 6. The summed E-state index contributed by atoms with van der Waals surface area (Å²) in [5, 5.41) is 1.82. The van der Waals surface area contributed by atoms with Gasteiger partial charge in [0.15, 0.2) is 0 Å². The molecule has 0 heterocycles. The summed E-state index contributed by atoms with van der Waals surface area (Å²) in [4.78, 5) is 35.4. The Kier molecular flexibility index (Phi) is 6.89. The number of esters is 2. The van der Waals surface area contributed by atoms with E-state index in [1.165, 1.54) is 21.1 Å². The van der Waals surface area contributed by atoms with Crippen molar-refractivity contribution < 1.29 is 23.9 Å². The number of carbonyl (C=O) groups excluding carboxylic acids is 3. The lowest BCUT2D eigenvalue weighted by Crippen LogP contribution is -2.32. The van der Waals surface area contributed by atoms with Crippen LogP contribution >= 0.6 is 11.8 Å². The van der Waals surface area contributed by atoms with Crippen molar-refractivity contribution in [1.82, 2.24) is 0 Å². The lowest BCUT2D eigenvalue weighted by molar-refractivity contribution is -0.150. The summed E-state index contributed by atoms with van der Waals surface area (Å²) in [5.74, 6) is -2.03. The van der Waals surface area contributed by atoms with Crippen LogP contribution in [0.25, 0.3) is 0 Å². The van der Waals surface area contributed by atoms with Crippen molar-refractivity contribution in [3.8, 4) is 0 Å². The maximum Gasteiger partial charge on any atom is 0.320 e. The first-order valence-electron chi connectivity index (χ1n) is 6.79. The molecule has 126 valence electrons. The number of hydrogen-bond acceptors (Lipinski definition) is 7. The number of methoxy groups -OCH3 is 2. The second-order valence-corrected chi connectivity index (χ2v) is 5.99. The molecule has 0 bridgehead atoms. The quantitative estimate of drug-likeness (QED) is 0.461. The van der Waals surface area contributed by atoms with E-state index in [1.807, 2.05) is 0 Å². The Hall–Kier alpha value is -2.22. The Morgan fingerprint density at radius 2 is 1.78 bits per heavy atom. The molecule has 0 fully saturated rings. The van der Waals surface area contributed by atoms with E-state index in [2.05, 4.69) is 10.1 Å². The number of anilines is 2. The van der Waals surface area contributed by atoms with E-state index in [0.717, 1.165) is 11.8 Å². The molecule has 0 aliphatic rings. The van der Waals surface area contributed by atoms with E-state index in [4.69, 9.17) is 10.5 Å². The average molecular weight is 340 g/mol. The standard InChI is InChI=1S/C15H20N2O5S/c1-8(14(19)21-3)13(15(20)22-4)23-12-7-10(17-9(2)18)5-6-11(12)16/h5-8,13H,16H2,1-4H3,(H,17,18)/t8-,13-/m0/s1. The second-order valence-electron chi connectivity index (χ2n) is 4.81. The highest BCUT2D eigenvalue weighted by Gasteiger charge is 2.33. The monoisotopic (exact) mass is 340 g/mol. The van der Waals surface area contributed by atoms with Gasteiger partial charge in [0.1, 0.15) is 5.25 Å². The smallest absolute Gasteiger partial charge is 0.320 e. The van der Waals surface area contributed by atoms with E-state index in [-0.39, 0.29) is 5.91 Å². The minimum Gasteiger partial charge on any atom is -0.469 e. The maximum absolute atomic E-state index is 12.0. The molecule has 0 spiro atoms. The number of nitrogens with one attached hydrogen (secondary N) is 1. The van der Waals surface area contributed by atoms with Crippen LogP contribution in [0.5, 0.6) is 0 Å². The van der Waals surface area contributed by atoms with Gasteiger partial charge in [0, 0.05) is 23.2 Å². The molecule has 7 nitrogen and oxygen atoms in total. The van der Waals surface area contributed by atoms with E-state index < -0.39 is 23.1 Å². The Morgan fingerprint density at radius 3 is 2.30 bits per heavy atom. The molecule has 0 aromatic heterocycles. The van der Waals surface area contributed by atoms with Gasteiger partial charge in [0.2, 0.25) is 5.91 Å². The van der Waals surface area contributed by atoms with Crippen molar-refractivity contribution in [3.63, 3.8) is 0 Å². The fourth-order valence-corrected chi connectivity index (χ4v) is 3.01. The number of carbonyl (C=O) groups is 3. The molecule has 0 saturated heterocycles. The van der Waals surface area contributed by atoms with Gasteiger partial charge in [0.25, 0.3) is 0 Å². The molecule has 1 amide bonds. The number of thioether (sulfide) groups is 1. The zero-order valence-corrected chi connectivity index (χ0v) is 14.2. The lowest BCUT2D eigenvalue weighted by atomic mass is 10.1. The minimum absolute atomic E-state index is 0.224. The first kappa shape index (κ1) is 18.8. The van der Waals surface area contributed by atoms with Gasteiger partial charge in [-0.25, -0.2) is 0 Å². The Balaban J connectivity index is 3.09. The second kappa shape index (κ2) is 8.42. The van der Waals surface area contributed by atoms with Crippen molar-refractivity contribution in [2.24, 2.45) is 5.92 Å². The van der Waals surface area contributed by atoms with Crippen molar-refractivity contribution in [2.45, 2.75) is 24.0 Å². The van der Waals surface area contributed by atoms with Crippen LogP contribution in [-0.2, 0) is 23.9 Å². The SMILES string of the molecule is COC(=O)[C@@H](C)[C@H](Sc1cc(NC(C)=O)ccc1N)C(=O)OC. The van der Waals surface area contributed by atoms with Gasteiger partial charge in [0.05, 0.1) is 20.1 Å². The fourth-order valence-electron chi connectivity index (χ4n) is 1.83. The topological polar surface area (TPSA) is 108 Å². The van der Waals surface area contributed by atoms with Gasteiger partial charge in [-0.2, -0.15) is 0 Å². The number of benzene rings is 1. The van der Waals surface area contributed by atoms with Crippen molar-refractivity contribution >= 4 is 41.0 Å². The van der Waals surface area contributed by atoms with E-state index in [9.17, 15) is 14.4 Å². The Labute approximate surface area is 138 Å². The molecule has 0 saturated carbocycles. The van der Waals surface area contributed by atoms with Gasteiger partial charge in [-0.15, -0.1) is 11.8 Å². The van der Waals surface area contributed by atoms with Crippen LogP contribution in [0, 0.1) is 5.92 Å². The van der Waals surface area contributed by atoms with Gasteiger partial charge in [-0.3, -0.25) is 14.4 Å². The van der Waals surface area contributed by atoms with Crippen LogP contribution in [0.1, 0.15) is 13.8 Å². The summed E-state index contributed by atoms with van der Waals surface area (Å²) in [7, 11) is 2.50. The van der Waals surface area contributed by atoms with Gasteiger partial charge >= 0.3 is 11.9 Å². The van der Waals surface area contributed by atoms with Crippen molar-refractivity contribution in [1.29, 1.82) is 0 Å². The number of nitrogen functional groups attached to an aromatic ring is 1. The summed E-state index contributed by atoms with van der Waals surface area (Å²) in [6.45, 7) is 2.97. The highest BCUT2D eigenvalue weighted by atomic mass is 32.2. The lowest BCUT2D eigenvalue weighted by Gasteiger charge is -2.20. The molecular weight excluding hydrogens is 320 g/mol. The molecule has 0 aliphatic carbocycles. The van der Waals surface area contributed by atoms with Crippen molar-refractivity contribution in [2.75, 3.05) is 25.3 Å². The fraction of sp³-hybridized carbons (Fsp3) is 0.400.